The molecule has 1 fully saturated rings. The maximum absolute atomic E-state index is 4.55. The Hall–Kier alpha value is -1.24. The van der Waals surface area contributed by atoms with Crippen molar-refractivity contribution in [3.63, 3.8) is 0 Å². The summed E-state index contributed by atoms with van der Waals surface area (Å²) in [5, 5.41) is 3.25. The van der Waals surface area contributed by atoms with Crippen LogP contribution in [0, 0.1) is 0 Å². The predicted octanol–water partition coefficient (Wildman–Crippen LogP) is 1.31. The molecule has 1 aliphatic rings. The van der Waals surface area contributed by atoms with Gasteiger partial charge in [-0.3, -0.25) is 0 Å². The first-order chi connectivity index (χ1) is 9.20. The molecule has 19 heavy (non-hydrogen) atoms. The molecule has 1 aliphatic heterocycles. The number of nitrogens with zero attached hydrogens (tertiary/aromatic N) is 5. The van der Waals surface area contributed by atoms with Crippen molar-refractivity contribution in [1.29, 1.82) is 0 Å². The van der Waals surface area contributed by atoms with Crippen LogP contribution in [0.15, 0.2) is 0 Å². The highest BCUT2D eigenvalue weighted by Crippen LogP contribution is 2.19. The lowest BCUT2D eigenvalue weighted by atomic mass is 10.5. The van der Waals surface area contributed by atoms with Crippen molar-refractivity contribution in [3.05, 3.63) is 0 Å². The maximum atomic E-state index is 4.55. The standard InChI is InChI=1S/C12H22N6S/c1-4-5-13-10-14-11(17(2)3)16-12(15-10)18-6-8-19-9-7-18/h4-9H2,1-3H3,(H,13,14,15,16). The summed E-state index contributed by atoms with van der Waals surface area (Å²) in [5.41, 5.74) is 0. The minimum Gasteiger partial charge on any atom is -0.354 e. The molecule has 0 spiro atoms. The maximum Gasteiger partial charge on any atom is 0.232 e. The molecule has 0 radical (unpaired) electrons. The summed E-state index contributed by atoms with van der Waals surface area (Å²) in [5.74, 6) is 4.45. The number of nitrogens with one attached hydrogen (secondary N) is 1. The van der Waals surface area contributed by atoms with Gasteiger partial charge in [0.1, 0.15) is 0 Å². The Morgan fingerprint density at radius 2 is 1.95 bits per heavy atom. The molecular formula is C12H22N6S. The number of hydrogen-bond donors (Lipinski definition) is 1. The third-order valence-electron chi connectivity index (χ3n) is 2.84. The molecule has 0 bridgehead atoms. The van der Waals surface area contributed by atoms with Crippen molar-refractivity contribution < 1.29 is 0 Å². The van der Waals surface area contributed by atoms with Gasteiger partial charge in [-0.15, -0.1) is 0 Å². The lowest BCUT2D eigenvalue weighted by Gasteiger charge is -2.27. The van der Waals surface area contributed by atoms with E-state index < -0.39 is 0 Å². The van der Waals surface area contributed by atoms with E-state index in [0.29, 0.717) is 11.9 Å². The van der Waals surface area contributed by atoms with Gasteiger partial charge in [-0.25, -0.2) is 0 Å². The Morgan fingerprint density at radius 1 is 1.21 bits per heavy atom. The van der Waals surface area contributed by atoms with Gasteiger partial charge in [-0.05, 0) is 6.42 Å². The Bertz CT molecular complexity index is 405. The summed E-state index contributed by atoms with van der Waals surface area (Å²) in [7, 11) is 3.91. The van der Waals surface area contributed by atoms with E-state index in [4.69, 9.17) is 0 Å². The number of hydrogen-bond acceptors (Lipinski definition) is 7. The van der Waals surface area contributed by atoms with E-state index in [2.05, 4.69) is 32.1 Å². The van der Waals surface area contributed by atoms with Gasteiger partial charge in [0.25, 0.3) is 0 Å². The second kappa shape index (κ2) is 6.79. The summed E-state index contributed by atoms with van der Waals surface area (Å²) in [6.07, 6.45) is 1.05. The molecule has 1 N–H and O–H groups in total. The molecule has 1 aromatic rings. The third-order valence-corrected chi connectivity index (χ3v) is 3.78. The molecule has 2 heterocycles. The first-order valence-electron chi connectivity index (χ1n) is 6.70. The largest absolute Gasteiger partial charge is 0.354 e. The Labute approximate surface area is 119 Å². The number of rotatable bonds is 5. The van der Waals surface area contributed by atoms with Crippen LogP contribution in [0.5, 0.6) is 0 Å². The summed E-state index contributed by atoms with van der Waals surface area (Å²) in [4.78, 5) is 17.7. The molecule has 106 valence electrons. The molecule has 0 aliphatic carbocycles. The summed E-state index contributed by atoms with van der Waals surface area (Å²) in [6.45, 7) is 5.03. The second-order valence-electron chi connectivity index (χ2n) is 4.68. The fourth-order valence-corrected chi connectivity index (χ4v) is 2.68. The van der Waals surface area contributed by atoms with E-state index in [0.717, 1.165) is 43.5 Å². The summed E-state index contributed by atoms with van der Waals surface area (Å²) >= 11 is 1.98. The van der Waals surface area contributed by atoms with Crippen LogP contribution in [0.3, 0.4) is 0 Å². The topological polar surface area (TPSA) is 57.2 Å². The van der Waals surface area contributed by atoms with E-state index >= 15 is 0 Å². The van der Waals surface area contributed by atoms with Crippen LogP contribution in [0.4, 0.5) is 17.8 Å². The van der Waals surface area contributed by atoms with E-state index in [9.17, 15) is 0 Å². The molecule has 0 aromatic carbocycles. The van der Waals surface area contributed by atoms with Crippen LogP contribution in [0.1, 0.15) is 13.3 Å². The smallest absolute Gasteiger partial charge is 0.232 e. The van der Waals surface area contributed by atoms with Gasteiger partial charge in [0.15, 0.2) is 0 Å². The van der Waals surface area contributed by atoms with Crippen LogP contribution >= 0.6 is 11.8 Å². The second-order valence-corrected chi connectivity index (χ2v) is 5.90. The monoisotopic (exact) mass is 282 g/mol. The van der Waals surface area contributed by atoms with Gasteiger partial charge in [0, 0.05) is 45.2 Å². The zero-order valence-corrected chi connectivity index (χ0v) is 12.7. The van der Waals surface area contributed by atoms with E-state index in [1.807, 2.05) is 30.8 Å². The normalized spacial score (nSPS) is 15.4. The van der Waals surface area contributed by atoms with Gasteiger partial charge < -0.3 is 15.1 Å². The van der Waals surface area contributed by atoms with E-state index in [-0.39, 0.29) is 0 Å². The number of anilines is 3. The Morgan fingerprint density at radius 3 is 2.58 bits per heavy atom. The van der Waals surface area contributed by atoms with Crippen LogP contribution in [0.25, 0.3) is 0 Å². The minimum absolute atomic E-state index is 0.675. The van der Waals surface area contributed by atoms with Gasteiger partial charge in [-0.2, -0.15) is 26.7 Å². The van der Waals surface area contributed by atoms with Crippen molar-refractivity contribution in [3.8, 4) is 0 Å². The summed E-state index contributed by atoms with van der Waals surface area (Å²) in [6, 6.07) is 0. The van der Waals surface area contributed by atoms with Crippen molar-refractivity contribution >= 4 is 29.6 Å². The fraction of sp³-hybridized carbons (Fsp3) is 0.750. The van der Waals surface area contributed by atoms with Crippen LogP contribution < -0.4 is 15.1 Å². The molecule has 0 saturated carbocycles. The molecule has 6 nitrogen and oxygen atoms in total. The van der Waals surface area contributed by atoms with Gasteiger partial charge in [0.05, 0.1) is 0 Å². The molecule has 1 saturated heterocycles. The zero-order chi connectivity index (χ0) is 13.7. The summed E-state index contributed by atoms with van der Waals surface area (Å²) < 4.78 is 0. The molecule has 2 rings (SSSR count). The molecular weight excluding hydrogens is 260 g/mol. The predicted molar refractivity (Wildman–Crippen MR) is 82.5 cm³/mol. The van der Waals surface area contributed by atoms with Crippen LogP contribution in [0.2, 0.25) is 0 Å². The Kier molecular flexibility index (Phi) is 5.07. The highest BCUT2D eigenvalue weighted by molar-refractivity contribution is 7.99. The van der Waals surface area contributed by atoms with Crippen LogP contribution in [-0.2, 0) is 0 Å². The fourth-order valence-electron chi connectivity index (χ4n) is 1.77. The first-order valence-corrected chi connectivity index (χ1v) is 7.86. The molecule has 0 atom stereocenters. The van der Waals surface area contributed by atoms with Gasteiger partial charge in [-0.1, -0.05) is 6.92 Å². The van der Waals surface area contributed by atoms with Crippen molar-refractivity contribution in [2.24, 2.45) is 0 Å². The SMILES string of the molecule is CCCNc1nc(N(C)C)nc(N2CCSCC2)n1. The minimum atomic E-state index is 0.675. The zero-order valence-electron chi connectivity index (χ0n) is 11.9. The molecule has 0 amide bonds. The van der Waals surface area contributed by atoms with Crippen molar-refractivity contribution in [1.82, 2.24) is 15.0 Å². The van der Waals surface area contributed by atoms with Crippen molar-refractivity contribution in [2.45, 2.75) is 13.3 Å². The first kappa shape index (κ1) is 14.2. The van der Waals surface area contributed by atoms with Gasteiger partial charge >= 0.3 is 0 Å². The average molecular weight is 282 g/mol. The van der Waals surface area contributed by atoms with E-state index in [1.54, 1.807) is 0 Å². The lowest BCUT2D eigenvalue weighted by Crippen LogP contribution is -2.34. The van der Waals surface area contributed by atoms with Gasteiger partial charge in [0.2, 0.25) is 17.8 Å². The molecule has 7 heteroatoms. The number of aromatic nitrogens is 3. The highest BCUT2D eigenvalue weighted by atomic mass is 32.2. The van der Waals surface area contributed by atoms with Crippen LogP contribution in [-0.4, -0.2) is 60.2 Å². The number of thioether (sulfide) groups is 1. The lowest BCUT2D eigenvalue weighted by molar-refractivity contribution is 0.799. The average Bonchev–Trinajstić information content (AvgIpc) is 2.45. The van der Waals surface area contributed by atoms with Crippen molar-refractivity contribution in [2.75, 3.05) is 60.4 Å². The molecule has 1 aromatic heterocycles. The third kappa shape index (κ3) is 3.86. The Balaban J connectivity index is 2.22. The molecule has 0 unspecified atom stereocenters. The quantitative estimate of drug-likeness (QED) is 0.874. The highest BCUT2D eigenvalue weighted by Gasteiger charge is 2.16. The van der Waals surface area contributed by atoms with E-state index in [1.165, 1.54) is 0 Å².